The van der Waals surface area contributed by atoms with Gasteiger partial charge in [-0.3, -0.25) is 0 Å². The van der Waals surface area contributed by atoms with E-state index in [0.717, 1.165) is 21.2 Å². The second-order valence-corrected chi connectivity index (χ2v) is 6.10. The lowest BCUT2D eigenvalue weighted by Gasteiger charge is -2.07. The van der Waals surface area contributed by atoms with E-state index in [9.17, 15) is 9.59 Å². The number of hydrogen-bond acceptors (Lipinski definition) is 4. The van der Waals surface area contributed by atoms with Crippen LogP contribution in [0.2, 0.25) is 0 Å². The lowest BCUT2D eigenvalue weighted by Crippen LogP contribution is -2.23. The minimum Gasteiger partial charge on any atom is -0.478 e. The second kappa shape index (κ2) is 7.14. The topological polar surface area (TPSA) is 75.6 Å². The van der Waals surface area contributed by atoms with Gasteiger partial charge in [-0.1, -0.05) is 30.3 Å². The Morgan fingerprint density at radius 1 is 1.12 bits per heavy atom. The zero-order valence-electron chi connectivity index (χ0n) is 12.7. The van der Waals surface area contributed by atoms with Crippen LogP contribution in [0.15, 0.2) is 53.9 Å². The maximum absolute atomic E-state index is 11.8. The molecule has 1 amide bonds. The fraction of sp³-hybridized carbons (Fsp3) is 0.111. The molecule has 0 atom stereocenters. The lowest BCUT2D eigenvalue weighted by molar-refractivity contribution is 0.0697. The summed E-state index contributed by atoms with van der Waals surface area (Å²) in [6.45, 7) is 0.497. The van der Waals surface area contributed by atoms with Crippen LogP contribution in [0, 0.1) is 0 Å². The van der Waals surface area contributed by atoms with Crippen molar-refractivity contribution in [3.05, 3.63) is 70.6 Å². The van der Waals surface area contributed by atoms with E-state index in [1.807, 2.05) is 35.7 Å². The highest BCUT2D eigenvalue weighted by atomic mass is 32.1. The number of carboxylic acid groups (broad SMARTS) is 1. The van der Waals surface area contributed by atoms with Gasteiger partial charge in [-0.05, 0) is 40.1 Å². The van der Waals surface area contributed by atoms with E-state index in [2.05, 4.69) is 5.32 Å². The van der Waals surface area contributed by atoms with Crippen molar-refractivity contribution in [2.24, 2.45) is 0 Å². The quantitative estimate of drug-likeness (QED) is 0.735. The van der Waals surface area contributed by atoms with Crippen LogP contribution in [0.1, 0.15) is 21.5 Å². The van der Waals surface area contributed by atoms with Gasteiger partial charge in [0, 0.05) is 11.2 Å². The summed E-state index contributed by atoms with van der Waals surface area (Å²) in [6.07, 6.45) is -0.507. The van der Waals surface area contributed by atoms with Gasteiger partial charge in [-0.15, -0.1) is 11.3 Å². The maximum atomic E-state index is 11.8. The van der Waals surface area contributed by atoms with E-state index in [0.29, 0.717) is 0 Å². The van der Waals surface area contributed by atoms with Crippen molar-refractivity contribution < 1.29 is 19.4 Å². The number of hydrogen-bond donors (Lipinski definition) is 2. The Hall–Kier alpha value is -2.86. The molecule has 5 nitrogen and oxygen atoms in total. The van der Waals surface area contributed by atoms with E-state index < -0.39 is 12.1 Å². The predicted octanol–water partition coefficient (Wildman–Crippen LogP) is 4.03. The number of carbonyl (C=O) groups is 2. The molecule has 6 heteroatoms. The van der Waals surface area contributed by atoms with Gasteiger partial charge in [0.15, 0.2) is 0 Å². The minimum atomic E-state index is -0.968. The highest BCUT2D eigenvalue weighted by molar-refractivity contribution is 7.17. The molecule has 1 heterocycles. The Labute approximate surface area is 142 Å². The number of ether oxygens (including phenoxy) is 1. The van der Waals surface area contributed by atoms with E-state index in [4.69, 9.17) is 9.84 Å². The summed E-state index contributed by atoms with van der Waals surface area (Å²) in [5.74, 6) is -0.968. The largest absolute Gasteiger partial charge is 0.478 e. The van der Waals surface area contributed by atoms with Crippen LogP contribution in [0.4, 0.5) is 4.79 Å². The molecule has 0 fully saturated rings. The standard InChI is InChI=1S/C18H15NO4S/c20-17(21)13-6-7-16-15(8-13)14(11-24-16)9-19-18(22)23-10-12-4-2-1-3-5-12/h1-8,11H,9-10H2,(H,19,22)(H,20,21). The Bertz CT molecular complexity index is 873. The van der Waals surface area contributed by atoms with Gasteiger partial charge in [0.2, 0.25) is 0 Å². The van der Waals surface area contributed by atoms with Crippen molar-refractivity contribution in [3.8, 4) is 0 Å². The van der Waals surface area contributed by atoms with Crippen molar-refractivity contribution in [2.75, 3.05) is 0 Å². The van der Waals surface area contributed by atoms with Gasteiger partial charge < -0.3 is 15.2 Å². The van der Waals surface area contributed by atoms with Crippen LogP contribution < -0.4 is 5.32 Å². The SMILES string of the molecule is O=C(NCc1csc2ccc(C(=O)O)cc12)OCc1ccccc1. The average molecular weight is 341 g/mol. The molecular weight excluding hydrogens is 326 g/mol. The van der Waals surface area contributed by atoms with E-state index in [-0.39, 0.29) is 18.7 Å². The van der Waals surface area contributed by atoms with Crippen molar-refractivity contribution in [1.29, 1.82) is 0 Å². The molecule has 122 valence electrons. The Balaban J connectivity index is 1.61. The van der Waals surface area contributed by atoms with E-state index >= 15 is 0 Å². The van der Waals surface area contributed by atoms with Crippen LogP contribution in [-0.2, 0) is 17.9 Å². The summed E-state index contributed by atoms with van der Waals surface area (Å²) in [7, 11) is 0. The number of fused-ring (bicyclic) bond motifs is 1. The predicted molar refractivity (Wildman–Crippen MR) is 92.3 cm³/mol. The molecule has 0 aliphatic carbocycles. The second-order valence-electron chi connectivity index (χ2n) is 5.19. The molecule has 3 rings (SSSR count). The lowest BCUT2D eigenvalue weighted by atomic mass is 10.1. The molecule has 0 saturated carbocycles. The van der Waals surface area contributed by atoms with Gasteiger partial charge >= 0.3 is 12.1 Å². The summed E-state index contributed by atoms with van der Waals surface area (Å²) >= 11 is 1.51. The zero-order chi connectivity index (χ0) is 16.9. The van der Waals surface area contributed by atoms with Crippen molar-refractivity contribution >= 4 is 33.5 Å². The van der Waals surface area contributed by atoms with Crippen LogP contribution in [-0.4, -0.2) is 17.2 Å². The van der Waals surface area contributed by atoms with Gasteiger partial charge in [-0.2, -0.15) is 0 Å². The zero-order valence-corrected chi connectivity index (χ0v) is 13.5. The summed E-state index contributed by atoms with van der Waals surface area (Å²) in [5.41, 5.74) is 2.02. The van der Waals surface area contributed by atoms with Gasteiger partial charge in [0.25, 0.3) is 0 Å². The maximum Gasteiger partial charge on any atom is 0.407 e. The number of amides is 1. The van der Waals surface area contributed by atoms with E-state index in [1.54, 1.807) is 18.2 Å². The highest BCUT2D eigenvalue weighted by Gasteiger charge is 2.10. The molecule has 0 aliphatic rings. The molecule has 2 aromatic carbocycles. The van der Waals surface area contributed by atoms with Crippen LogP contribution >= 0.6 is 11.3 Å². The fourth-order valence-electron chi connectivity index (χ4n) is 2.29. The molecule has 0 spiro atoms. The number of nitrogens with one attached hydrogen (secondary N) is 1. The number of rotatable bonds is 5. The Kier molecular flexibility index (Phi) is 4.77. The normalized spacial score (nSPS) is 10.5. The van der Waals surface area contributed by atoms with Gasteiger partial charge in [0.05, 0.1) is 5.56 Å². The first-order chi connectivity index (χ1) is 11.6. The summed E-state index contributed by atoms with van der Waals surface area (Å²) in [5, 5.41) is 14.5. The molecule has 24 heavy (non-hydrogen) atoms. The highest BCUT2D eigenvalue weighted by Crippen LogP contribution is 2.27. The smallest absolute Gasteiger partial charge is 0.407 e. The average Bonchev–Trinajstić information content (AvgIpc) is 3.01. The number of carboxylic acids is 1. The summed E-state index contributed by atoms with van der Waals surface area (Å²) in [6, 6.07) is 14.4. The fourth-order valence-corrected chi connectivity index (χ4v) is 3.24. The summed E-state index contributed by atoms with van der Waals surface area (Å²) < 4.78 is 6.14. The molecular formula is C18H15NO4S. The number of benzene rings is 2. The monoisotopic (exact) mass is 341 g/mol. The minimum absolute atomic E-state index is 0.209. The Morgan fingerprint density at radius 3 is 2.67 bits per heavy atom. The molecule has 0 radical (unpaired) electrons. The first kappa shape index (κ1) is 16.0. The summed E-state index contributed by atoms with van der Waals surface area (Å²) in [4.78, 5) is 22.9. The van der Waals surface area contributed by atoms with Crippen LogP contribution in [0.25, 0.3) is 10.1 Å². The molecule has 2 N–H and O–H groups in total. The Morgan fingerprint density at radius 2 is 1.92 bits per heavy atom. The molecule has 0 unspecified atom stereocenters. The first-order valence-electron chi connectivity index (χ1n) is 7.31. The molecule has 1 aromatic heterocycles. The number of alkyl carbamates (subject to hydrolysis) is 1. The number of aromatic carboxylic acids is 1. The van der Waals surface area contributed by atoms with Crippen molar-refractivity contribution in [1.82, 2.24) is 5.32 Å². The third-order valence-electron chi connectivity index (χ3n) is 3.54. The van der Waals surface area contributed by atoms with Crippen molar-refractivity contribution in [2.45, 2.75) is 13.2 Å². The van der Waals surface area contributed by atoms with E-state index in [1.165, 1.54) is 11.3 Å². The van der Waals surface area contributed by atoms with Crippen LogP contribution in [0.3, 0.4) is 0 Å². The van der Waals surface area contributed by atoms with Gasteiger partial charge in [0.1, 0.15) is 6.61 Å². The number of carbonyl (C=O) groups excluding carboxylic acids is 1. The number of thiophene rings is 1. The van der Waals surface area contributed by atoms with Crippen molar-refractivity contribution in [3.63, 3.8) is 0 Å². The molecule has 0 bridgehead atoms. The van der Waals surface area contributed by atoms with Crippen LogP contribution in [0.5, 0.6) is 0 Å². The van der Waals surface area contributed by atoms with Gasteiger partial charge in [-0.25, -0.2) is 9.59 Å². The molecule has 0 aliphatic heterocycles. The third-order valence-corrected chi connectivity index (χ3v) is 4.55. The molecule has 0 saturated heterocycles. The first-order valence-corrected chi connectivity index (χ1v) is 8.19. The third kappa shape index (κ3) is 3.72. The molecule has 3 aromatic rings.